The fourth-order valence-corrected chi connectivity index (χ4v) is 5.28. The number of ketones is 1. The number of aryl methyl sites for hydroxylation is 1. The van der Waals surface area contributed by atoms with Crippen LogP contribution in [0.5, 0.6) is 11.5 Å². The average Bonchev–Trinajstić information content (AvgIpc) is 3.48. The molecule has 1 aromatic carbocycles. The van der Waals surface area contributed by atoms with Crippen molar-refractivity contribution in [2.45, 2.75) is 24.9 Å². The monoisotopic (exact) mass is 522 g/mol. The number of amides is 1. The highest BCUT2D eigenvalue weighted by molar-refractivity contribution is 9.11. The molecular formula is C20H19BrN4O4S2. The molecule has 2 aromatic heterocycles. The predicted octanol–water partition coefficient (Wildman–Crippen LogP) is 3.86. The van der Waals surface area contributed by atoms with Crippen LogP contribution in [0.4, 0.5) is 0 Å². The maximum absolute atomic E-state index is 12.5. The zero-order chi connectivity index (χ0) is 21.8. The van der Waals surface area contributed by atoms with Crippen molar-refractivity contribution in [2.24, 2.45) is 0 Å². The molecule has 1 aliphatic heterocycles. The normalized spacial score (nSPS) is 12.2. The molecule has 1 amide bonds. The number of benzene rings is 1. The Balaban J connectivity index is 1.55. The number of nitrogens with zero attached hydrogens (tertiary/aromatic N) is 3. The minimum atomic E-state index is -0.0628. The fraction of sp³-hybridized carbons (Fsp3) is 0.300. The summed E-state index contributed by atoms with van der Waals surface area (Å²) >= 11 is 6.14. The van der Waals surface area contributed by atoms with Crippen molar-refractivity contribution in [3.63, 3.8) is 0 Å². The van der Waals surface area contributed by atoms with Gasteiger partial charge in [-0.05, 0) is 46.6 Å². The quantitative estimate of drug-likeness (QED) is 0.259. The Hall–Kier alpha value is -2.37. The van der Waals surface area contributed by atoms with Gasteiger partial charge >= 0.3 is 0 Å². The van der Waals surface area contributed by atoms with E-state index in [0.717, 1.165) is 21.7 Å². The van der Waals surface area contributed by atoms with Crippen LogP contribution in [0.3, 0.4) is 0 Å². The highest BCUT2D eigenvalue weighted by Crippen LogP contribution is 2.35. The van der Waals surface area contributed by atoms with Crippen LogP contribution >= 0.6 is 39.0 Å². The van der Waals surface area contributed by atoms with Crippen molar-refractivity contribution >= 4 is 50.7 Å². The minimum Gasteiger partial charge on any atom is -0.454 e. The van der Waals surface area contributed by atoms with Crippen molar-refractivity contribution < 1.29 is 19.1 Å². The van der Waals surface area contributed by atoms with Crippen LogP contribution in [-0.2, 0) is 11.2 Å². The third-order valence-electron chi connectivity index (χ3n) is 4.45. The molecule has 11 heteroatoms. The van der Waals surface area contributed by atoms with Crippen molar-refractivity contribution in [2.75, 3.05) is 19.1 Å². The van der Waals surface area contributed by atoms with Crippen LogP contribution in [0.15, 0.2) is 39.3 Å². The predicted molar refractivity (Wildman–Crippen MR) is 122 cm³/mol. The Morgan fingerprint density at radius 2 is 2.06 bits per heavy atom. The molecule has 0 saturated carbocycles. The summed E-state index contributed by atoms with van der Waals surface area (Å²) in [4.78, 5) is 24.4. The second-order valence-corrected chi connectivity index (χ2v) is 10.1. The van der Waals surface area contributed by atoms with Gasteiger partial charge in [-0.1, -0.05) is 11.8 Å². The van der Waals surface area contributed by atoms with E-state index in [4.69, 9.17) is 9.47 Å². The van der Waals surface area contributed by atoms with Crippen LogP contribution in [0.1, 0.15) is 28.8 Å². The van der Waals surface area contributed by atoms with Gasteiger partial charge in [-0.3, -0.25) is 14.2 Å². The topological polar surface area (TPSA) is 95.3 Å². The van der Waals surface area contributed by atoms with Gasteiger partial charge < -0.3 is 14.8 Å². The van der Waals surface area contributed by atoms with Crippen molar-refractivity contribution in [3.05, 3.63) is 44.8 Å². The minimum absolute atomic E-state index is 0.0353. The second kappa shape index (κ2) is 9.84. The van der Waals surface area contributed by atoms with E-state index in [1.165, 1.54) is 30.0 Å². The first-order valence-electron chi connectivity index (χ1n) is 9.51. The van der Waals surface area contributed by atoms with Crippen LogP contribution in [-0.4, -0.2) is 45.5 Å². The molecule has 162 valence electrons. The first kappa shape index (κ1) is 21.8. The fourth-order valence-electron chi connectivity index (χ4n) is 3.02. The summed E-state index contributed by atoms with van der Waals surface area (Å²) < 4.78 is 13.8. The highest BCUT2D eigenvalue weighted by Gasteiger charge is 2.20. The molecule has 8 nitrogen and oxygen atoms in total. The van der Waals surface area contributed by atoms with Gasteiger partial charge in [-0.25, -0.2) is 0 Å². The number of thiophene rings is 1. The number of ether oxygens (including phenoxy) is 2. The maximum Gasteiger partial charge on any atom is 0.231 e. The third kappa shape index (κ3) is 5.28. The van der Waals surface area contributed by atoms with E-state index in [-0.39, 0.29) is 24.2 Å². The molecule has 4 rings (SSSR count). The molecule has 0 spiro atoms. The Labute approximate surface area is 195 Å². The largest absolute Gasteiger partial charge is 0.454 e. The molecule has 3 aromatic rings. The Morgan fingerprint density at radius 3 is 2.84 bits per heavy atom. The first-order valence-corrected chi connectivity index (χ1v) is 12.1. The summed E-state index contributed by atoms with van der Waals surface area (Å²) in [6.45, 7) is 2.24. The van der Waals surface area contributed by atoms with Crippen molar-refractivity contribution in [3.8, 4) is 17.2 Å². The van der Waals surface area contributed by atoms with Crippen molar-refractivity contribution in [1.82, 2.24) is 20.1 Å². The third-order valence-corrected chi connectivity index (χ3v) is 7.04. The Bertz CT molecular complexity index is 1110. The zero-order valence-corrected chi connectivity index (χ0v) is 19.8. The van der Waals surface area contributed by atoms with E-state index in [9.17, 15) is 9.59 Å². The van der Waals surface area contributed by atoms with Crippen LogP contribution in [0.2, 0.25) is 0 Å². The lowest BCUT2D eigenvalue weighted by Gasteiger charge is -2.11. The summed E-state index contributed by atoms with van der Waals surface area (Å²) in [5, 5.41) is 12.1. The molecule has 0 radical (unpaired) electrons. The van der Waals surface area contributed by atoms with Crippen LogP contribution < -0.4 is 14.8 Å². The molecule has 3 heterocycles. The first-order chi connectivity index (χ1) is 15.0. The van der Waals surface area contributed by atoms with Gasteiger partial charge in [0.2, 0.25) is 12.7 Å². The smallest absolute Gasteiger partial charge is 0.231 e. The summed E-state index contributed by atoms with van der Waals surface area (Å²) in [7, 11) is 0. The van der Waals surface area contributed by atoms with Crippen LogP contribution in [0.25, 0.3) is 5.69 Å². The van der Waals surface area contributed by atoms with E-state index >= 15 is 0 Å². The molecule has 0 fully saturated rings. The van der Waals surface area contributed by atoms with Gasteiger partial charge in [0.25, 0.3) is 0 Å². The number of halogens is 1. The summed E-state index contributed by atoms with van der Waals surface area (Å²) in [5.74, 6) is 2.32. The highest BCUT2D eigenvalue weighted by atomic mass is 79.9. The summed E-state index contributed by atoms with van der Waals surface area (Å²) in [6.07, 6.45) is 1.34. The van der Waals surface area contributed by atoms with Gasteiger partial charge in [0.15, 0.2) is 22.4 Å². The van der Waals surface area contributed by atoms with Crippen LogP contribution in [0, 0.1) is 0 Å². The molecule has 0 saturated heterocycles. The molecule has 31 heavy (non-hydrogen) atoms. The SMILES string of the molecule is CC(=O)NCCCc1nnc(SCC(=O)c2ccc(Br)s2)n1-c1ccc2c(c1)OCO2. The number of Topliss-reactive ketones (excluding diaryl/α,β-unsaturated/α-hetero) is 1. The summed E-state index contributed by atoms with van der Waals surface area (Å²) in [5.41, 5.74) is 0.831. The Morgan fingerprint density at radius 1 is 1.23 bits per heavy atom. The van der Waals surface area contributed by atoms with Gasteiger partial charge in [0.1, 0.15) is 5.82 Å². The number of aromatic nitrogens is 3. The van der Waals surface area contributed by atoms with E-state index < -0.39 is 0 Å². The maximum atomic E-state index is 12.5. The lowest BCUT2D eigenvalue weighted by atomic mass is 10.2. The molecule has 0 atom stereocenters. The average molecular weight is 523 g/mol. The molecular weight excluding hydrogens is 504 g/mol. The molecule has 1 N–H and O–H groups in total. The zero-order valence-electron chi connectivity index (χ0n) is 16.6. The second-order valence-electron chi connectivity index (χ2n) is 6.67. The lowest BCUT2D eigenvalue weighted by Crippen LogP contribution is -2.21. The van der Waals surface area contributed by atoms with E-state index in [1.807, 2.05) is 34.9 Å². The number of hydrogen-bond acceptors (Lipinski definition) is 8. The number of carbonyl (C=O) groups excluding carboxylic acids is 2. The van der Waals surface area contributed by atoms with E-state index in [0.29, 0.717) is 34.5 Å². The van der Waals surface area contributed by atoms with Gasteiger partial charge in [0, 0.05) is 26.0 Å². The van der Waals surface area contributed by atoms with Gasteiger partial charge in [-0.15, -0.1) is 21.5 Å². The number of hydrogen-bond donors (Lipinski definition) is 1. The molecule has 0 bridgehead atoms. The number of rotatable bonds is 9. The van der Waals surface area contributed by atoms with E-state index in [2.05, 4.69) is 31.4 Å². The van der Waals surface area contributed by atoms with Crippen molar-refractivity contribution in [1.29, 1.82) is 0 Å². The van der Waals surface area contributed by atoms with E-state index in [1.54, 1.807) is 0 Å². The molecule has 0 aliphatic carbocycles. The molecule has 0 unspecified atom stereocenters. The van der Waals surface area contributed by atoms with Gasteiger partial charge in [-0.2, -0.15) is 0 Å². The number of thioether (sulfide) groups is 1. The summed E-state index contributed by atoms with van der Waals surface area (Å²) in [6, 6.07) is 9.32. The standard InChI is InChI=1S/C20H19BrN4O4S2/c1-12(26)22-8-2-3-19-23-24-20(30-10-14(27)17-6-7-18(21)31-17)25(19)13-4-5-15-16(9-13)29-11-28-15/h4-7,9H,2-3,8,10-11H2,1H3,(H,22,26). The number of carbonyl (C=O) groups is 2. The lowest BCUT2D eigenvalue weighted by molar-refractivity contribution is -0.118. The van der Waals surface area contributed by atoms with Gasteiger partial charge in [0.05, 0.1) is 20.1 Å². The number of fused-ring (bicyclic) bond motifs is 1. The molecule has 1 aliphatic rings. The number of nitrogens with one attached hydrogen (secondary N) is 1. The Kier molecular flexibility index (Phi) is 6.93.